The Morgan fingerprint density at radius 1 is 1.00 bits per heavy atom. The summed E-state index contributed by atoms with van der Waals surface area (Å²) < 4.78 is 5.52. The molecule has 1 aliphatic carbocycles. The fourth-order valence-corrected chi connectivity index (χ4v) is 2.80. The van der Waals surface area contributed by atoms with Crippen LogP contribution in [0.5, 0.6) is 0 Å². The van der Waals surface area contributed by atoms with E-state index in [0.717, 1.165) is 33.7 Å². The Kier molecular flexibility index (Phi) is 12.8. The molecule has 13 heteroatoms. The van der Waals surface area contributed by atoms with E-state index in [0.29, 0.717) is 24.0 Å². The first-order valence-corrected chi connectivity index (χ1v) is 8.85. The molecule has 0 spiro atoms. The lowest BCUT2D eigenvalue weighted by Gasteiger charge is -2.21. The molecule has 0 aromatic carbocycles. The minimum atomic E-state index is -0.875. The maximum atomic E-state index is 12.3. The number of aliphatic hydroxyl groups excluding tert-OH is 2. The van der Waals surface area contributed by atoms with E-state index in [1.807, 2.05) is 0 Å². The second kappa shape index (κ2) is 14.1. The van der Waals surface area contributed by atoms with E-state index < -0.39 is 23.4 Å². The summed E-state index contributed by atoms with van der Waals surface area (Å²) in [6.07, 6.45) is 3.35. The molecule has 30 heavy (non-hydrogen) atoms. The zero-order valence-corrected chi connectivity index (χ0v) is 17.0. The van der Waals surface area contributed by atoms with Gasteiger partial charge in [-0.2, -0.15) is 0 Å². The Hall–Kier alpha value is -2.90. The van der Waals surface area contributed by atoms with E-state index in [1.165, 1.54) is 0 Å². The molecule has 1 unspecified atom stereocenters. The molecule has 2 N–H and O–H groups in total. The lowest BCUT2D eigenvalue weighted by Crippen LogP contribution is -2.27. The van der Waals surface area contributed by atoms with Crippen LogP contribution in [0.3, 0.4) is 0 Å². The monoisotopic (exact) mass is 434 g/mol. The quantitative estimate of drug-likeness (QED) is 0.319. The van der Waals surface area contributed by atoms with Gasteiger partial charge in [0.2, 0.25) is 0 Å². The van der Waals surface area contributed by atoms with Crippen LogP contribution in [0.15, 0.2) is 22.3 Å². The molecular formula is C17H26N2O11. The zero-order valence-electron chi connectivity index (χ0n) is 17.0. The van der Waals surface area contributed by atoms with Crippen LogP contribution in [0.25, 0.3) is 0 Å². The van der Waals surface area contributed by atoms with Gasteiger partial charge in [-0.15, -0.1) is 20.2 Å². The minimum absolute atomic E-state index is 0.0240. The van der Waals surface area contributed by atoms with Crippen molar-refractivity contribution >= 4 is 11.6 Å². The third-order valence-corrected chi connectivity index (χ3v) is 4.33. The Morgan fingerprint density at radius 2 is 1.47 bits per heavy atom. The number of carbonyl (C=O) groups is 2. The van der Waals surface area contributed by atoms with Crippen LogP contribution in [0.1, 0.15) is 32.6 Å². The fraction of sp³-hybridized carbons (Fsp3) is 0.647. The minimum Gasteiger partial charge on any atom is -0.392 e. The Morgan fingerprint density at radius 3 is 1.83 bits per heavy atom. The predicted octanol–water partition coefficient (Wildman–Crippen LogP) is 0.344. The van der Waals surface area contributed by atoms with Crippen LogP contribution in [0.2, 0.25) is 0 Å². The average molecular weight is 434 g/mol. The molecule has 0 saturated carbocycles. The molecule has 1 saturated heterocycles. The molecule has 1 atom stereocenters. The average Bonchev–Trinajstić information content (AvgIpc) is 3.24. The number of nitrogens with zero attached hydrogens (tertiary/aromatic N) is 2. The lowest BCUT2D eigenvalue weighted by atomic mass is 9.83. The van der Waals surface area contributed by atoms with Crippen molar-refractivity contribution in [3.05, 3.63) is 42.5 Å². The highest BCUT2D eigenvalue weighted by Crippen LogP contribution is 2.29. The summed E-state index contributed by atoms with van der Waals surface area (Å²) in [4.78, 5) is 49.3. The molecule has 170 valence electrons. The van der Waals surface area contributed by atoms with Crippen LogP contribution in [-0.2, 0) is 24.0 Å². The topological polar surface area (TPSA) is 189 Å². The Bertz CT molecular complexity index is 680. The largest absolute Gasteiger partial charge is 0.392 e. The van der Waals surface area contributed by atoms with E-state index in [-0.39, 0.29) is 28.8 Å². The summed E-state index contributed by atoms with van der Waals surface area (Å²) in [7, 11) is 2.00. The molecule has 0 radical (unpaired) electrons. The number of aliphatic hydroxyl groups is 2. The first kappa shape index (κ1) is 27.1. The maximum Gasteiger partial charge on any atom is 0.294 e. The van der Waals surface area contributed by atoms with Gasteiger partial charge in [0, 0.05) is 28.9 Å². The molecule has 1 heterocycles. The number of hydrogen-bond acceptors (Lipinski definition) is 11. The van der Waals surface area contributed by atoms with Crippen LogP contribution >= 0.6 is 0 Å². The van der Waals surface area contributed by atoms with Crippen LogP contribution < -0.4 is 0 Å². The van der Waals surface area contributed by atoms with Gasteiger partial charge in [-0.05, 0) is 32.6 Å². The summed E-state index contributed by atoms with van der Waals surface area (Å²) in [5.41, 5.74) is 0.891. The molecular weight excluding hydrogens is 408 g/mol. The number of carbonyl (C=O) groups excluding carboxylic acids is 2. The number of allylic oxidation sites excluding steroid dienone is 2. The van der Waals surface area contributed by atoms with E-state index >= 15 is 0 Å². The van der Waals surface area contributed by atoms with Gasteiger partial charge in [0.05, 0.1) is 33.5 Å². The van der Waals surface area contributed by atoms with Gasteiger partial charge in [-0.1, -0.05) is 0 Å². The van der Waals surface area contributed by atoms with Gasteiger partial charge in [0.15, 0.2) is 11.6 Å². The number of Topliss-reactive ketones (excluding diaryl/α,β-unsaturated/α-hetero) is 2. The summed E-state index contributed by atoms with van der Waals surface area (Å²) >= 11 is 0. The zero-order chi connectivity index (χ0) is 23.3. The number of hydrogen-bond donors (Lipinski definition) is 2. The van der Waals surface area contributed by atoms with Gasteiger partial charge in [0.25, 0.3) is 10.2 Å². The third kappa shape index (κ3) is 8.63. The van der Waals surface area contributed by atoms with Crippen molar-refractivity contribution in [2.75, 3.05) is 34.0 Å². The van der Waals surface area contributed by atoms with Crippen molar-refractivity contribution < 1.29 is 44.4 Å². The van der Waals surface area contributed by atoms with Gasteiger partial charge in [-0.3, -0.25) is 9.59 Å². The first-order chi connectivity index (χ1) is 14.1. The smallest absolute Gasteiger partial charge is 0.294 e. The van der Waals surface area contributed by atoms with Crippen LogP contribution in [0, 0.1) is 20.2 Å². The second-order valence-electron chi connectivity index (χ2n) is 6.02. The summed E-state index contributed by atoms with van der Waals surface area (Å²) in [5, 5.41) is 34.6. The second-order valence-corrected chi connectivity index (χ2v) is 6.02. The van der Waals surface area contributed by atoms with Gasteiger partial charge in [-0.25, -0.2) is 0 Å². The molecule has 1 fully saturated rings. The molecule has 2 rings (SSSR count). The molecule has 2 aliphatic rings. The van der Waals surface area contributed by atoms with E-state index in [1.54, 1.807) is 6.92 Å². The summed E-state index contributed by atoms with van der Waals surface area (Å²) in [5.74, 6) is -0.648. The molecule has 13 nitrogen and oxygen atoms in total. The first-order valence-electron chi connectivity index (χ1n) is 8.85. The van der Waals surface area contributed by atoms with Crippen LogP contribution in [0.4, 0.5) is 0 Å². The molecule has 0 aromatic rings. The van der Waals surface area contributed by atoms with Crippen molar-refractivity contribution in [3.63, 3.8) is 0 Å². The predicted molar refractivity (Wildman–Crippen MR) is 100 cm³/mol. The Balaban J connectivity index is 0.000000702. The highest BCUT2D eigenvalue weighted by molar-refractivity contribution is 6.25. The van der Waals surface area contributed by atoms with E-state index in [4.69, 9.17) is 25.0 Å². The number of ketones is 2. The normalized spacial score (nSPS) is 18.2. The van der Waals surface area contributed by atoms with Crippen molar-refractivity contribution in [1.29, 1.82) is 0 Å². The summed E-state index contributed by atoms with van der Waals surface area (Å²) in [6.45, 7) is 1.33. The number of rotatable bonds is 7. The van der Waals surface area contributed by atoms with Crippen molar-refractivity contribution in [3.8, 4) is 0 Å². The van der Waals surface area contributed by atoms with Crippen LogP contribution in [-0.4, -0.2) is 72.1 Å². The molecule has 0 bridgehead atoms. The van der Waals surface area contributed by atoms with Gasteiger partial charge < -0.3 is 24.6 Å². The molecule has 1 aliphatic heterocycles. The van der Waals surface area contributed by atoms with Crippen molar-refractivity contribution in [1.82, 2.24) is 0 Å². The summed E-state index contributed by atoms with van der Waals surface area (Å²) in [6, 6.07) is 0. The number of ether oxygens (including phenoxy) is 1. The van der Waals surface area contributed by atoms with E-state index in [2.05, 4.69) is 9.68 Å². The highest BCUT2D eigenvalue weighted by atomic mass is 16.9. The third-order valence-electron chi connectivity index (χ3n) is 4.33. The molecule has 0 aromatic heterocycles. The lowest BCUT2D eigenvalue weighted by molar-refractivity contribution is -0.749. The standard InChI is InChI=1S/C15H20O5.2CH3NO3/c1-9-11(5-4-10-3-2-6-20-10)15(19)13(8-17)12(7-16)14(9)18;2*1-5-2(3)4/h10,16-17H,2-8H2,1H3;2*1H3. The SMILES string of the molecule is CC1=C(CCC2CCCO2)C(=O)C(CO)=C(CO)C1=O.CO[N+](=O)[O-].CO[N+](=O)[O-]. The molecule has 0 amide bonds. The van der Waals surface area contributed by atoms with Gasteiger partial charge >= 0.3 is 0 Å². The van der Waals surface area contributed by atoms with E-state index in [9.17, 15) is 19.8 Å². The van der Waals surface area contributed by atoms with Gasteiger partial charge in [0.1, 0.15) is 0 Å². The van der Waals surface area contributed by atoms with Crippen molar-refractivity contribution in [2.45, 2.75) is 38.7 Å². The maximum absolute atomic E-state index is 12.3. The van der Waals surface area contributed by atoms with Crippen molar-refractivity contribution in [2.24, 2.45) is 0 Å². The Labute approximate surface area is 172 Å². The highest BCUT2D eigenvalue weighted by Gasteiger charge is 2.31. The fourth-order valence-electron chi connectivity index (χ4n) is 2.80.